The van der Waals surface area contributed by atoms with Gasteiger partial charge in [-0.25, -0.2) is 0 Å². The number of rotatable bonds is 2. The minimum absolute atomic E-state index is 0.0449. The number of carbonyl (C=O) groups is 1. The summed E-state index contributed by atoms with van der Waals surface area (Å²) >= 11 is 0. The molecule has 0 radical (unpaired) electrons. The van der Waals surface area contributed by atoms with Crippen molar-refractivity contribution in [3.8, 4) is 17.2 Å². The molecule has 3 aromatic rings. The molecule has 5 heteroatoms. The number of hydrogen-bond acceptors (Lipinski definition) is 4. The number of benzene rings is 3. The lowest BCUT2D eigenvalue weighted by Crippen LogP contribution is -2.12. The minimum Gasteiger partial charge on any atom is -0.508 e. The van der Waals surface area contributed by atoms with Crippen LogP contribution in [0, 0.1) is 0 Å². The monoisotopic (exact) mass is 295 g/mol. The van der Waals surface area contributed by atoms with Crippen LogP contribution in [0.1, 0.15) is 10.4 Å². The number of carbonyl (C=O) groups excluding carboxylic acids is 1. The molecule has 1 amide bonds. The van der Waals surface area contributed by atoms with Gasteiger partial charge in [-0.05, 0) is 53.2 Å². The second-order valence-electron chi connectivity index (χ2n) is 4.90. The fraction of sp³-hybridized carbons (Fsp3) is 0. The second-order valence-corrected chi connectivity index (χ2v) is 4.90. The zero-order valence-electron chi connectivity index (χ0n) is 11.4. The van der Waals surface area contributed by atoms with Gasteiger partial charge in [-0.3, -0.25) is 4.79 Å². The smallest absolute Gasteiger partial charge is 0.256 e. The van der Waals surface area contributed by atoms with Gasteiger partial charge >= 0.3 is 0 Å². The van der Waals surface area contributed by atoms with E-state index >= 15 is 0 Å². The van der Waals surface area contributed by atoms with Crippen molar-refractivity contribution in [2.75, 3.05) is 5.32 Å². The molecule has 0 heterocycles. The number of aromatic hydroxyl groups is 3. The first-order valence-electron chi connectivity index (χ1n) is 6.59. The lowest BCUT2D eigenvalue weighted by molar-refractivity contribution is 0.102. The van der Waals surface area contributed by atoms with Crippen LogP contribution in [0.2, 0.25) is 0 Å². The van der Waals surface area contributed by atoms with Gasteiger partial charge in [-0.2, -0.15) is 0 Å². The number of anilines is 1. The molecular formula is C17H13NO4. The van der Waals surface area contributed by atoms with Crippen molar-refractivity contribution in [1.82, 2.24) is 0 Å². The Hall–Kier alpha value is -3.21. The second kappa shape index (κ2) is 5.29. The van der Waals surface area contributed by atoms with Gasteiger partial charge in [0.25, 0.3) is 5.91 Å². The fourth-order valence-corrected chi connectivity index (χ4v) is 2.31. The molecule has 0 saturated carbocycles. The van der Waals surface area contributed by atoms with E-state index in [-0.39, 0.29) is 22.8 Å². The number of fused-ring (bicyclic) bond motifs is 1. The molecule has 3 aromatic carbocycles. The number of phenols is 3. The van der Waals surface area contributed by atoms with Crippen molar-refractivity contribution >= 4 is 22.4 Å². The van der Waals surface area contributed by atoms with Crippen molar-refractivity contribution in [2.45, 2.75) is 0 Å². The van der Waals surface area contributed by atoms with E-state index in [1.165, 1.54) is 36.4 Å². The summed E-state index contributed by atoms with van der Waals surface area (Å²) in [4.78, 5) is 12.4. The predicted molar refractivity (Wildman–Crippen MR) is 83.3 cm³/mol. The summed E-state index contributed by atoms with van der Waals surface area (Å²) in [6.45, 7) is 0. The summed E-state index contributed by atoms with van der Waals surface area (Å²) in [5.74, 6) is -0.391. The zero-order chi connectivity index (χ0) is 15.7. The quantitative estimate of drug-likeness (QED) is 0.584. The van der Waals surface area contributed by atoms with E-state index in [1.54, 1.807) is 18.2 Å². The SMILES string of the molecule is O=C(Nc1cccc(O)c1)c1cc(O)cc2cc(O)ccc12. The third kappa shape index (κ3) is 2.64. The van der Waals surface area contributed by atoms with Gasteiger partial charge in [0.05, 0.1) is 5.56 Å². The summed E-state index contributed by atoms with van der Waals surface area (Å²) in [5.41, 5.74) is 0.721. The van der Waals surface area contributed by atoms with Crippen LogP contribution in [-0.2, 0) is 0 Å². The lowest BCUT2D eigenvalue weighted by Gasteiger charge is -2.09. The Morgan fingerprint density at radius 1 is 0.818 bits per heavy atom. The summed E-state index contributed by atoms with van der Waals surface area (Å²) in [7, 11) is 0. The fourth-order valence-electron chi connectivity index (χ4n) is 2.31. The van der Waals surface area contributed by atoms with Gasteiger partial charge < -0.3 is 20.6 Å². The van der Waals surface area contributed by atoms with Crippen molar-refractivity contribution in [2.24, 2.45) is 0 Å². The molecule has 0 bridgehead atoms. The molecule has 0 spiro atoms. The molecule has 0 unspecified atom stereocenters. The molecule has 5 nitrogen and oxygen atoms in total. The van der Waals surface area contributed by atoms with E-state index < -0.39 is 5.91 Å². The van der Waals surface area contributed by atoms with Crippen molar-refractivity contribution < 1.29 is 20.1 Å². The van der Waals surface area contributed by atoms with Crippen LogP contribution < -0.4 is 5.32 Å². The average Bonchev–Trinajstić information content (AvgIpc) is 2.45. The normalized spacial score (nSPS) is 10.5. The minimum atomic E-state index is -0.419. The van der Waals surface area contributed by atoms with Gasteiger partial charge in [0.15, 0.2) is 0 Å². The molecule has 110 valence electrons. The highest BCUT2D eigenvalue weighted by molar-refractivity contribution is 6.13. The van der Waals surface area contributed by atoms with E-state index in [9.17, 15) is 20.1 Å². The molecular weight excluding hydrogens is 282 g/mol. The average molecular weight is 295 g/mol. The summed E-state index contributed by atoms with van der Waals surface area (Å²) in [6, 6.07) is 13.6. The largest absolute Gasteiger partial charge is 0.508 e. The number of amides is 1. The standard InChI is InChI=1S/C17H13NO4/c19-12-3-1-2-11(8-12)18-17(22)16-9-14(21)7-10-6-13(20)4-5-15(10)16/h1-9,19-21H,(H,18,22). The highest BCUT2D eigenvalue weighted by atomic mass is 16.3. The van der Waals surface area contributed by atoms with Crippen LogP contribution >= 0.6 is 0 Å². The van der Waals surface area contributed by atoms with E-state index in [4.69, 9.17) is 0 Å². The number of phenolic OH excluding ortho intramolecular Hbond substituents is 3. The Morgan fingerprint density at radius 2 is 1.55 bits per heavy atom. The Labute approximate surface area is 126 Å². The number of nitrogens with one attached hydrogen (secondary N) is 1. The molecule has 0 aliphatic rings. The summed E-state index contributed by atoms with van der Waals surface area (Å²) in [5, 5.41) is 32.5. The first-order chi connectivity index (χ1) is 10.5. The number of hydrogen-bond donors (Lipinski definition) is 4. The van der Waals surface area contributed by atoms with E-state index in [1.807, 2.05) is 0 Å². The molecule has 0 fully saturated rings. The topological polar surface area (TPSA) is 89.8 Å². The molecule has 4 N–H and O–H groups in total. The maximum absolute atomic E-state index is 12.4. The van der Waals surface area contributed by atoms with Gasteiger partial charge in [-0.1, -0.05) is 6.07 Å². The third-order valence-electron chi connectivity index (χ3n) is 3.27. The van der Waals surface area contributed by atoms with Crippen LogP contribution in [0.3, 0.4) is 0 Å². The molecule has 0 atom stereocenters. The Morgan fingerprint density at radius 3 is 2.32 bits per heavy atom. The molecule has 3 rings (SSSR count). The van der Waals surface area contributed by atoms with Gasteiger partial charge in [0.2, 0.25) is 0 Å². The molecule has 0 aromatic heterocycles. The van der Waals surface area contributed by atoms with Crippen molar-refractivity contribution in [3.63, 3.8) is 0 Å². The first-order valence-corrected chi connectivity index (χ1v) is 6.59. The highest BCUT2D eigenvalue weighted by Crippen LogP contribution is 2.28. The van der Waals surface area contributed by atoms with Crippen LogP contribution in [0.25, 0.3) is 10.8 Å². The van der Waals surface area contributed by atoms with Crippen molar-refractivity contribution in [3.05, 3.63) is 60.2 Å². The van der Waals surface area contributed by atoms with Crippen molar-refractivity contribution in [1.29, 1.82) is 0 Å². The van der Waals surface area contributed by atoms with Gasteiger partial charge in [0, 0.05) is 11.8 Å². The summed E-state index contributed by atoms with van der Waals surface area (Å²) in [6.07, 6.45) is 0. The zero-order valence-corrected chi connectivity index (χ0v) is 11.4. The first kappa shape index (κ1) is 13.8. The Kier molecular flexibility index (Phi) is 3.31. The van der Waals surface area contributed by atoms with Crippen LogP contribution in [0.4, 0.5) is 5.69 Å². The molecule has 0 saturated heterocycles. The third-order valence-corrected chi connectivity index (χ3v) is 3.27. The van der Waals surface area contributed by atoms with E-state index in [0.717, 1.165) is 0 Å². The molecule has 0 aliphatic heterocycles. The maximum atomic E-state index is 12.4. The van der Waals surface area contributed by atoms with Gasteiger partial charge in [0.1, 0.15) is 17.2 Å². The molecule has 22 heavy (non-hydrogen) atoms. The van der Waals surface area contributed by atoms with Crippen LogP contribution in [-0.4, -0.2) is 21.2 Å². The van der Waals surface area contributed by atoms with E-state index in [2.05, 4.69) is 5.32 Å². The Bertz CT molecular complexity index is 868. The highest BCUT2D eigenvalue weighted by Gasteiger charge is 2.13. The van der Waals surface area contributed by atoms with Crippen LogP contribution in [0.5, 0.6) is 17.2 Å². The summed E-state index contributed by atoms with van der Waals surface area (Å²) < 4.78 is 0. The maximum Gasteiger partial charge on any atom is 0.256 e. The van der Waals surface area contributed by atoms with Gasteiger partial charge in [-0.15, -0.1) is 0 Å². The van der Waals surface area contributed by atoms with Crippen LogP contribution in [0.15, 0.2) is 54.6 Å². The van der Waals surface area contributed by atoms with E-state index in [0.29, 0.717) is 16.5 Å². The lowest BCUT2D eigenvalue weighted by atomic mass is 10.0. The molecule has 0 aliphatic carbocycles. The predicted octanol–water partition coefficient (Wildman–Crippen LogP) is 3.21. The Balaban J connectivity index is 2.03.